The molecule has 0 aliphatic carbocycles. The van der Waals surface area contributed by atoms with E-state index in [-0.39, 0.29) is 34.9 Å². The number of carbonyl (C=O) groups excluding carboxylic acids is 1. The largest absolute Gasteiger partial charge is 0.395 e. The number of rotatable bonds is 13. The van der Waals surface area contributed by atoms with Crippen molar-refractivity contribution >= 4 is 33.2 Å². The van der Waals surface area contributed by atoms with Crippen LogP contribution >= 0.6 is 11.6 Å². The van der Waals surface area contributed by atoms with Crippen LogP contribution < -0.4 is 10.0 Å². The molecule has 10 nitrogen and oxygen atoms in total. The summed E-state index contributed by atoms with van der Waals surface area (Å²) in [5.74, 6) is -2.45. The molecule has 1 aliphatic rings. The number of nitrogens with one attached hydrogen (secondary N) is 2. The van der Waals surface area contributed by atoms with E-state index in [0.29, 0.717) is 31.1 Å². The second-order valence-electron chi connectivity index (χ2n) is 10.4. The molecule has 4 rings (SSSR count). The molecular weight excluding hydrogens is 616 g/mol. The summed E-state index contributed by atoms with van der Waals surface area (Å²) in [7, 11) is -4.10. The minimum absolute atomic E-state index is 0.0318. The first-order chi connectivity index (χ1) is 21.1. The molecule has 3 aromatic carbocycles. The van der Waals surface area contributed by atoms with Gasteiger partial charge in [0.05, 0.1) is 11.5 Å². The van der Waals surface area contributed by atoms with Crippen LogP contribution in [-0.4, -0.2) is 51.3 Å². The average molecular weight is 648 g/mol. The summed E-state index contributed by atoms with van der Waals surface area (Å²) >= 11 is 6.10. The predicted molar refractivity (Wildman–Crippen MR) is 162 cm³/mol. The fourth-order valence-corrected chi connectivity index (χ4v) is 6.75. The van der Waals surface area contributed by atoms with E-state index in [1.54, 1.807) is 24.3 Å². The van der Waals surface area contributed by atoms with Crippen LogP contribution in [-0.2, 0) is 26.0 Å². The lowest BCUT2D eigenvalue weighted by Crippen LogP contribution is -2.38. The van der Waals surface area contributed by atoms with Gasteiger partial charge >= 0.3 is 0 Å². The summed E-state index contributed by atoms with van der Waals surface area (Å²) < 4.78 is 61.7. The molecule has 1 fully saturated rings. The molecule has 44 heavy (non-hydrogen) atoms. The predicted octanol–water partition coefficient (Wildman–Crippen LogP) is 5.72. The summed E-state index contributed by atoms with van der Waals surface area (Å²) in [4.78, 5) is 16.5. The molecule has 1 unspecified atom stereocenters. The highest BCUT2D eigenvalue weighted by atomic mass is 35.5. The van der Waals surface area contributed by atoms with Crippen LogP contribution in [0.3, 0.4) is 0 Å². The minimum atomic E-state index is -4.10. The van der Waals surface area contributed by atoms with E-state index in [1.165, 1.54) is 18.2 Å². The van der Waals surface area contributed by atoms with Crippen molar-refractivity contribution in [2.75, 3.05) is 25.1 Å². The van der Waals surface area contributed by atoms with Gasteiger partial charge in [0.15, 0.2) is 0 Å². The summed E-state index contributed by atoms with van der Waals surface area (Å²) in [6, 6.07) is 13.0. The maximum absolute atomic E-state index is 15.1. The molecule has 3 atom stereocenters. The van der Waals surface area contributed by atoms with E-state index in [0.717, 1.165) is 29.8 Å². The van der Waals surface area contributed by atoms with E-state index in [9.17, 15) is 28.2 Å². The number of ether oxygens (including phenoxy) is 1. The smallest absolute Gasteiger partial charge is 0.240 e. The first kappa shape index (κ1) is 33.3. The number of halogens is 3. The zero-order chi connectivity index (χ0) is 31.7. The molecule has 3 aromatic rings. The van der Waals surface area contributed by atoms with E-state index < -0.39 is 52.2 Å². The fourth-order valence-electron chi connectivity index (χ4n) is 5.36. The maximum Gasteiger partial charge on any atom is 0.240 e. The molecule has 0 saturated carbocycles. The van der Waals surface area contributed by atoms with Crippen molar-refractivity contribution in [2.24, 2.45) is 11.0 Å². The van der Waals surface area contributed by atoms with E-state index >= 15 is 4.39 Å². The van der Waals surface area contributed by atoms with Crippen molar-refractivity contribution in [3.05, 3.63) is 105 Å². The highest BCUT2D eigenvalue weighted by Gasteiger charge is 2.36. The number of benzene rings is 3. The average Bonchev–Trinajstić information content (AvgIpc) is 3.01. The molecule has 0 spiro atoms. The highest BCUT2D eigenvalue weighted by molar-refractivity contribution is 7.89. The van der Waals surface area contributed by atoms with Gasteiger partial charge in [-0.15, -0.1) is 0 Å². The van der Waals surface area contributed by atoms with Gasteiger partial charge in [-0.1, -0.05) is 34.9 Å². The zero-order valence-corrected chi connectivity index (χ0v) is 25.1. The number of sulfonamides is 1. The summed E-state index contributed by atoms with van der Waals surface area (Å²) in [6.45, 7) is 0.387. The number of hydrogen-bond acceptors (Lipinski definition) is 6. The highest BCUT2D eigenvalue weighted by Crippen LogP contribution is 2.37. The molecule has 3 N–H and O–H groups in total. The molecule has 1 saturated heterocycles. The number of aliphatic hydroxyl groups excluding tert-OH is 1. The number of aliphatic hydroxyl groups is 1. The van der Waals surface area contributed by atoms with Gasteiger partial charge in [-0.2, -0.15) is 0 Å². The number of anilines is 1. The number of nitrogens with zero attached hydrogens (tertiary/aromatic N) is 3. The quantitative estimate of drug-likeness (QED) is 0.123. The number of hydrogen-bond donors (Lipinski definition) is 3. The molecule has 234 valence electrons. The second-order valence-corrected chi connectivity index (χ2v) is 12.6. The summed E-state index contributed by atoms with van der Waals surface area (Å²) in [5, 5.41) is 17.0. The SMILES string of the molecule is [N-]=[N+]=N[C@@H](C(=O)Nc1cccc(F)c1CCC(CO)NS(=O)(=O)c1ccc(F)cc1)[C@@H](c1ccc(Cl)cc1)C1CCOCC1. The third kappa shape index (κ3) is 8.53. The summed E-state index contributed by atoms with van der Waals surface area (Å²) in [6.07, 6.45) is 1.18. The van der Waals surface area contributed by atoms with Gasteiger partial charge in [0.2, 0.25) is 15.9 Å². The van der Waals surface area contributed by atoms with E-state index in [4.69, 9.17) is 16.3 Å². The normalized spacial score (nSPS) is 16.0. The van der Waals surface area contributed by atoms with Crippen LogP contribution in [0, 0.1) is 17.6 Å². The van der Waals surface area contributed by atoms with Gasteiger partial charge in [0.1, 0.15) is 17.7 Å². The Morgan fingerprint density at radius 3 is 2.41 bits per heavy atom. The van der Waals surface area contributed by atoms with Crippen molar-refractivity contribution < 1.29 is 31.8 Å². The Morgan fingerprint density at radius 2 is 1.77 bits per heavy atom. The van der Waals surface area contributed by atoms with Gasteiger partial charge in [-0.25, -0.2) is 21.9 Å². The molecule has 0 bridgehead atoms. The molecule has 0 radical (unpaired) electrons. The standard InChI is InChI=1S/C30H32ClF2N5O5S/c31-21-6-4-19(5-7-21)28(20-14-16-43-17-15-20)29(36-38-34)30(40)35-27-3-1-2-26(33)25(27)13-10-23(18-39)37-44(41,42)24-11-8-22(32)9-12-24/h1-9,11-12,20,23,28-29,37,39H,10,13-18H2,(H,35,40)/t23?,28-,29+/m0/s1. The second kappa shape index (κ2) is 15.4. The van der Waals surface area contributed by atoms with Gasteiger partial charge in [-0.3, -0.25) is 4.79 Å². The topological polar surface area (TPSA) is 153 Å². The Morgan fingerprint density at radius 1 is 1.09 bits per heavy atom. The number of carbonyl (C=O) groups is 1. The Bertz CT molecular complexity index is 1580. The van der Waals surface area contributed by atoms with E-state index in [2.05, 4.69) is 20.1 Å². The van der Waals surface area contributed by atoms with Crippen molar-refractivity contribution in [1.82, 2.24) is 4.72 Å². The molecule has 1 amide bonds. The zero-order valence-electron chi connectivity index (χ0n) is 23.6. The molecule has 1 aliphatic heterocycles. The van der Waals surface area contributed by atoms with Gasteiger partial charge in [-0.05, 0) is 91.2 Å². The fraction of sp³-hybridized carbons (Fsp3) is 0.367. The van der Waals surface area contributed by atoms with Gasteiger partial charge in [0, 0.05) is 46.4 Å². The monoisotopic (exact) mass is 647 g/mol. The Labute approximate surface area is 259 Å². The Hall–Kier alpha value is -3.58. The van der Waals surface area contributed by atoms with Crippen molar-refractivity contribution in [3.63, 3.8) is 0 Å². The molecule has 1 heterocycles. The maximum atomic E-state index is 15.1. The Balaban J connectivity index is 1.55. The number of amides is 1. The summed E-state index contributed by atoms with van der Waals surface area (Å²) in [5.41, 5.74) is 10.4. The lowest BCUT2D eigenvalue weighted by molar-refractivity contribution is -0.118. The van der Waals surface area contributed by atoms with Crippen LogP contribution in [0.15, 0.2) is 76.7 Å². The molecule has 0 aromatic heterocycles. The van der Waals surface area contributed by atoms with Crippen molar-refractivity contribution in [3.8, 4) is 0 Å². The van der Waals surface area contributed by atoms with Crippen molar-refractivity contribution in [2.45, 2.75) is 48.6 Å². The molecule has 14 heteroatoms. The minimum Gasteiger partial charge on any atom is -0.395 e. The third-order valence-corrected chi connectivity index (χ3v) is 9.39. The van der Waals surface area contributed by atoms with Crippen molar-refractivity contribution in [1.29, 1.82) is 0 Å². The van der Waals surface area contributed by atoms with Crippen LogP contribution in [0.4, 0.5) is 14.5 Å². The Kier molecular flexibility index (Phi) is 11.7. The van der Waals surface area contributed by atoms with Gasteiger partial charge in [0.25, 0.3) is 0 Å². The first-order valence-electron chi connectivity index (χ1n) is 14.0. The third-order valence-electron chi connectivity index (χ3n) is 7.60. The number of azide groups is 1. The van der Waals surface area contributed by atoms with Crippen LogP contribution in [0.5, 0.6) is 0 Å². The lowest BCUT2D eigenvalue weighted by Gasteiger charge is -2.34. The van der Waals surface area contributed by atoms with Crippen LogP contribution in [0.1, 0.15) is 36.3 Å². The van der Waals surface area contributed by atoms with Gasteiger partial charge < -0.3 is 15.2 Å². The molecular formula is C30H32ClF2N5O5S. The van der Waals surface area contributed by atoms with Crippen LogP contribution in [0.2, 0.25) is 5.02 Å². The lowest BCUT2D eigenvalue weighted by atomic mass is 9.76. The van der Waals surface area contributed by atoms with Crippen LogP contribution in [0.25, 0.3) is 10.4 Å². The van der Waals surface area contributed by atoms with E-state index in [1.807, 2.05) is 0 Å². The first-order valence-corrected chi connectivity index (χ1v) is 15.8.